The first-order chi connectivity index (χ1) is 8.20. The van der Waals surface area contributed by atoms with Crippen molar-refractivity contribution in [3.05, 3.63) is 41.3 Å². The molecule has 0 bridgehead atoms. The number of aromatic nitrogens is 2. The zero-order chi connectivity index (χ0) is 12.3. The van der Waals surface area contributed by atoms with Gasteiger partial charge in [0.2, 0.25) is 0 Å². The number of hydrogen-bond acceptors (Lipinski definition) is 3. The van der Waals surface area contributed by atoms with Crippen LogP contribution in [0.25, 0.3) is 11.3 Å². The van der Waals surface area contributed by atoms with E-state index in [0.717, 1.165) is 22.8 Å². The Morgan fingerprint density at radius 2 is 1.88 bits per heavy atom. The lowest BCUT2D eigenvalue weighted by Gasteiger charge is -2.02. The summed E-state index contributed by atoms with van der Waals surface area (Å²) < 4.78 is 0. The Bertz CT molecular complexity index is 489. The summed E-state index contributed by atoms with van der Waals surface area (Å²) in [5.74, 6) is 0.871. The summed E-state index contributed by atoms with van der Waals surface area (Å²) in [7, 11) is 1.49. The van der Waals surface area contributed by atoms with E-state index in [0.29, 0.717) is 6.61 Å². The van der Waals surface area contributed by atoms with Crippen molar-refractivity contribution in [3.63, 3.8) is 0 Å². The van der Waals surface area contributed by atoms with Crippen LogP contribution in [0.5, 0.6) is 0 Å². The molecule has 1 aromatic carbocycles. The molecule has 0 saturated carbocycles. The van der Waals surface area contributed by atoms with Crippen LogP contribution in [-0.2, 0) is 16.4 Å². The number of aromatic amines is 1. The van der Waals surface area contributed by atoms with Crippen molar-refractivity contribution >= 4 is 0 Å². The molecule has 0 aliphatic rings. The molecular formula is C13H16N2O2. The molecule has 4 nitrogen and oxygen atoms in total. The SMILES string of the molecule is COOCc1[nH]c(C)nc1-c1ccc(C)cc1. The van der Waals surface area contributed by atoms with Gasteiger partial charge in [-0.05, 0) is 13.8 Å². The molecule has 0 amide bonds. The number of nitrogens with zero attached hydrogens (tertiary/aromatic N) is 1. The van der Waals surface area contributed by atoms with Gasteiger partial charge in [0.25, 0.3) is 0 Å². The number of aryl methyl sites for hydroxylation is 2. The van der Waals surface area contributed by atoms with E-state index in [2.05, 4.69) is 46.0 Å². The maximum Gasteiger partial charge on any atom is 0.124 e. The van der Waals surface area contributed by atoms with Crippen molar-refractivity contribution in [2.24, 2.45) is 0 Å². The van der Waals surface area contributed by atoms with Crippen molar-refractivity contribution < 1.29 is 9.78 Å². The zero-order valence-corrected chi connectivity index (χ0v) is 10.3. The van der Waals surface area contributed by atoms with Gasteiger partial charge in [0, 0.05) is 5.56 Å². The Balaban J connectivity index is 2.33. The standard InChI is InChI=1S/C13H16N2O2/c1-9-4-6-11(7-5-9)13-12(8-17-16-3)14-10(2)15-13/h4-7H,8H2,1-3H3,(H,14,15). The van der Waals surface area contributed by atoms with Crippen LogP contribution < -0.4 is 0 Å². The van der Waals surface area contributed by atoms with Gasteiger partial charge in [-0.25, -0.2) is 14.8 Å². The third-order valence-corrected chi connectivity index (χ3v) is 2.54. The lowest BCUT2D eigenvalue weighted by atomic mass is 10.1. The van der Waals surface area contributed by atoms with Crippen molar-refractivity contribution in [2.75, 3.05) is 7.11 Å². The zero-order valence-electron chi connectivity index (χ0n) is 10.3. The quantitative estimate of drug-likeness (QED) is 0.651. The van der Waals surface area contributed by atoms with Gasteiger partial charge in [-0.3, -0.25) is 0 Å². The summed E-state index contributed by atoms with van der Waals surface area (Å²) in [4.78, 5) is 17.2. The van der Waals surface area contributed by atoms with Gasteiger partial charge >= 0.3 is 0 Å². The van der Waals surface area contributed by atoms with Crippen LogP contribution >= 0.6 is 0 Å². The fraction of sp³-hybridized carbons (Fsp3) is 0.308. The molecule has 0 unspecified atom stereocenters. The van der Waals surface area contributed by atoms with Gasteiger partial charge in [0.1, 0.15) is 12.4 Å². The molecule has 1 N–H and O–H groups in total. The number of benzene rings is 1. The molecule has 1 heterocycles. The van der Waals surface area contributed by atoms with Gasteiger partial charge in [0.05, 0.1) is 18.5 Å². The highest BCUT2D eigenvalue weighted by atomic mass is 17.2. The van der Waals surface area contributed by atoms with Crippen LogP contribution in [0.3, 0.4) is 0 Å². The summed E-state index contributed by atoms with van der Waals surface area (Å²) >= 11 is 0. The van der Waals surface area contributed by atoms with Crippen molar-refractivity contribution in [3.8, 4) is 11.3 Å². The molecule has 0 atom stereocenters. The van der Waals surface area contributed by atoms with E-state index in [1.807, 2.05) is 6.92 Å². The van der Waals surface area contributed by atoms with Crippen LogP contribution in [0, 0.1) is 13.8 Å². The van der Waals surface area contributed by atoms with E-state index in [1.54, 1.807) is 0 Å². The monoisotopic (exact) mass is 232 g/mol. The Labute approximate surface area is 101 Å². The van der Waals surface area contributed by atoms with E-state index in [9.17, 15) is 0 Å². The normalized spacial score (nSPS) is 10.8. The molecule has 0 aliphatic carbocycles. The molecule has 2 rings (SSSR count). The number of H-pyrrole nitrogens is 1. The number of imidazole rings is 1. The highest BCUT2D eigenvalue weighted by Gasteiger charge is 2.10. The predicted octanol–water partition coefficient (Wildman–Crippen LogP) is 2.77. The minimum atomic E-state index is 0.362. The number of hydrogen-bond donors (Lipinski definition) is 1. The fourth-order valence-electron chi connectivity index (χ4n) is 1.71. The Morgan fingerprint density at radius 1 is 1.18 bits per heavy atom. The van der Waals surface area contributed by atoms with Crippen LogP contribution in [0.15, 0.2) is 24.3 Å². The van der Waals surface area contributed by atoms with Crippen LogP contribution in [0.1, 0.15) is 17.1 Å². The Hall–Kier alpha value is -1.65. The lowest BCUT2D eigenvalue weighted by Crippen LogP contribution is -1.94. The molecule has 0 radical (unpaired) electrons. The summed E-state index contributed by atoms with van der Waals surface area (Å²) in [6.07, 6.45) is 0. The van der Waals surface area contributed by atoms with E-state index in [-0.39, 0.29) is 0 Å². The highest BCUT2D eigenvalue weighted by molar-refractivity contribution is 5.62. The first kappa shape index (κ1) is 11.8. The number of rotatable bonds is 4. The average molecular weight is 232 g/mol. The van der Waals surface area contributed by atoms with Gasteiger partial charge in [-0.1, -0.05) is 29.8 Å². The Morgan fingerprint density at radius 3 is 2.53 bits per heavy atom. The highest BCUT2D eigenvalue weighted by Crippen LogP contribution is 2.22. The molecule has 17 heavy (non-hydrogen) atoms. The first-order valence-electron chi connectivity index (χ1n) is 5.49. The minimum Gasteiger partial charge on any atom is -0.344 e. The molecule has 1 aromatic heterocycles. The predicted molar refractivity (Wildman–Crippen MR) is 65.3 cm³/mol. The van der Waals surface area contributed by atoms with E-state index in [4.69, 9.17) is 4.89 Å². The topological polar surface area (TPSA) is 47.1 Å². The summed E-state index contributed by atoms with van der Waals surface area (Å²) in [6, 6.07) is 8.25. The van der Waals surface area contributed by atoms with Crippen LogP contribution in [0.2, 0.25) is 0 Å². The molecule has 0 spiro atoms. The van der Waals surface area contributed by atoms with Crippen molar-refractivity contribution in [2.45, 2.75) is 20.5 Å². The second-order valence-electron chi connectivity index (χ2n) is 3.94. The van der Waals surface area contributed by atoms with E-state index >= 15 is 0 Å². The smallest absolute Gasteiger partial charge is 0.124 e. The maximum absolute atomic E-state index is 4.95. The first-order valence-corrected chi connectivity index (χ1v) is 5.49. The molecular weight excluding hydrogens is 216 g/mol. The van der Waals surface area contributed by atoms with E-state index < -0.39 is 0 Å². The summed E-state index contributed by atoms with van der Waals surface area (Å²) in [5.41, 5.74) is 4.15. The van der Waals surface area contributed by atoms with Crippen molar-refractivity contribution in [1.82, 2.24) is 9.97 Å². The summed E-state index contributed by atoms with van der Waals surface area (Å²) in [5, 5.41) is 0. The van der Waals surface area contributed by atoms with Crippen molar-refractivity contribution in [1.29, 1.82) is 0 Å². The minimum absolute atomic E-state index is 0.362. The van der Waals surface area contributed by atoms with Gasteiger partial charge in [0.15, 0.2) is 0 Å². The average Bonchev–Trinajstić information content (AvgIpc) is 2.69. The van der Waals surface area contributed by atoms with E-state index in [1.165, 1.54) is 12.7 Å². The van der Waals surface area contributed by atoms with Crippen LogP contribution in [0.4, 0.5) is 0 Å². The molecule has 0 aliphatic heterocycles. The van der Waals surface area contributed by atoms with Gasteiger partial charge in [-0.15, -0.1) is 0 Å². The third-order valence-electron chi connectivity index (χ3n) is 2.54. The Kier molecular flexibility index (Phi) is 3.56. The molecule has 0 saturated heterocycles. The summed E-state index contributed by atoms with van der Waals surface area (Å²) in [6.45, 7) is 4.35. The second-order valence-corrected chi connectivity index (χ2v) is 3.94. The second kappa shape index (κ2) is 5.12. The largest absolute Gasteiger partial charge is 0.344 e. The lowest BCUT2D eigenvalue weighted by molar-refractivity contribution is -0.282. The van der Waals surface area contributed by atoms with Gasteiger partial charge in [-0.2, -0.15) is 0 Å². The fourth-order valence-corrected chi connectivity index (χ4v) is 1.71. The molecule has 4 heteroatoms. The number of nitrogens with one attached hydrogen (secondary N) is 1. The molecule has 90 valence electrons. The van der Waals surface area contributed by atoms with Gasteiger partial charge < -0.3 is 4.98 Å². The molecule has 0 fully saturated rings. The maximum atomic E-state index is 4.95. The third kappa shape index (κ3) is 2.72. The molecule has 2 aromatic rings. The van der Waals surface area contributed by atoms with Crippen LogP contribution in [-0.4, -0.2) is 17.1 Å².